The van der Waals surface area contributed by atoms with E-state index in [1.54, 1.807) is 6.21 Å². The predicted molar refractivity (Wildman–Crippen MR) is 93.8 cm³/mol. The second-order valence-electron chi connectivity index (χ2n) is 6.08. The molecule has 2 aromatic rings. The molecule has 0 saturated heterocycles. The molecule has 4 nitrogen and oxygen atoms in total. The molecule has 2 atom stereocenters. The van der Waals surface area contributed by atoms with E-state index in [4.69, 9.17) is 0 Å². The Hall–Kier alpha value is -2.62. The molecule has 1 N–H and O–H groups in total. The lowest BCUT2D eigenvalue weighted by Crippen LogP contribution is -2.20. The quantitative estimate of drug-likeness (QED) is 0.682. The van der Waals surface area contributed by atoms with E-state index in [1.165, 1.54) is 5.56 Å². The molecule has 2 aromatic carbocycles. The van der Waals surface area contributed by atoms with Crippen LogP contribution in [-0.4, -0.2) is 26.2 Å². The van der Waals surface area contributed by atoms with Crippen LogP contribution in [0.15, 0.2) is 59.7 Å². The van der Waals surface area contributed by atoms with Gasteiger partial charge in [-0.25, -0.2) is 5.43 Å². The van der Waals surface area contributed by atoms with Gasteiger partial charge in [-0.05, 0) is 35.6 Å². The van der Waals surface area contributed by atoms with Crippen LogP contribution < -0.4 is 10.3 Å². The number of amides is 1. The minimum absolute atomic E-state index is 0.0000136. The van der Waals surface area contributed by atoms with Gasteiger partial charge < -0.3 is 4.90 Å². The summed E-state index contributed by atoms with van der Waals surface area (Å²) in [5, 5.41) is 4.07. The van der Waals surface area contributed by atoms with E-state index in [9.17, 15) is 4.79 Å². The number of carbonyl (C=O) groups is 1. The first-order valence-corrected chi connectivity index (χ1v) is 7.80. The summed E-state index contributed by atoms with van der Waals surface area (Å²) in [6.45, 7) is 0. The number of nitrogens with one attached hydrogen (secondary N) is 1. The highest BCUT2D eigenvalue weighted by molar-refractivity contribution is 5.85. The fraction of sp³-hybridized carbons (Fsp3) is 0.263. The number of carbonyl (C=O) groups excluding carboxylic acids is 1. The third-order valence-electron chi connectivity index (χ3n) is 4.15. The number of hydrazone groups is 1. The Labute approximate surface area is 136 Å². The Kier molecular flexibility index (Phi) is 4.42. The average Bonchev–Trinajstić information content (AvgIpc) is 3.37. The lowest BCUT2D eigenvalue weighted by Gasteiger charge is -2.11. The zero-order chi connectivity index (χ0) is 16.2. The van der Waals surface area contributed by atoms with E-state index in [0.717, 1.165) is 17.7 Å². The summed E-state index contributed by atoms with van der Waals surface area (Å²) >= 11 is 0. The Morgan fingerprint density at radius 1 is 1.13 bits per heavy atom. The molecule has 1 saturated carbocycles. The zero-order valence-electron chi connectivity index (χ0n) is 13.4. The van der Waals surface area contributed by atoms with E-state index in [0.29, 0.717) is 5.92 Å². The summed E-state index contributed by atoms with van der Waals surface area (Å²) in [6.07, 6.45) is 2.58. The van der Waals surface area contributed by atoms with E-state index < -0.39 is 0 Å². The SMILES string of the molecule is CN(C)c1ccc(/C=N\NC(=O)[C@@H]2C[C@@H]2c2ccccc2)cc1. The van der Waals surface area contributed by atoms with Crippen molar-refractivity contribution in [1.82, 2.24) is 5.43 Å². The topological polar surface area (TPSA) is 44.7 Å². The highest BCUT2D eigenvalue weighted by atomic mass is 16.2. The number of benzene rings is 2. The normalized spacial score (nSPS) is 19.6. The number of anilines is 1. The maximum absolute atomic E-state index is 12.1. The standard InChI is InChI=1S/C19H21N3O/c1-22(2)16-10-8-14(9-11-16)13-20-21-19(23)18-12-17(18)15-6-4-3-5-7-15/h3-11,13,17-18H,12H2,1-2H3,(H,21,23)/b20-13-/t17-,18-/m1/s1. The van der Waals surface area contributed by atoms with Gasteiger partial charge in [-0.2, -0.15) is 5.10 Å². The number of rotatable bonds is 5. The maximum Gasteiger partial charge on any atom is 0.243 e. The van der Waals surface area contributed by atoms with Crippen molar-refractivity contribution in [3.8, 4) is 0 Å². The minimum Gasteiger partial charge on any atom is -0.378 e. The molecule has 1 amide bonds. The van der Waals surface area contributed by atoms with E-state index in [-0.39, 0.29) is 11.8 Å². The molecule has 118 valence electrons. The van der Waals surface area contributed by atoms with Gasteiger partial charge in [0.25, 0.3) is 0 Å². The largest absolute Gasteiger partial charge is 0.378 e. The van der Waals surface area contributed by atoms with Gasteiger partial charge >= 0.3 is 0 Å². The fourth-order valence-corrected chi connectivity index (χ4v) is 2.67. The van der Waals surface area contributed by atoms with E-state index in [1.807, 2.05) is 61.5 Å². The van der Waals surface area contributed by atoms with Crippen LogP contribution in [0, 0.1) is 5.92 Å². The smallest absolute Gasteiger partial charge is 0.243 e. The fourth-order valence-electron chi connectivity index (χ4n) is 2.67. The minimum atomic E-state index is 0.0000136. The van der Waals surface area contributed by atoms with Crippen molar-refractivity contribution in [2.45, 2.75) is 12.3 Å². The second kappa shape index (κ2) is 6.65. The predicted octanol–water partition coefficient (Wildman–Crippen LogP) is 3.01. The summed E-state index contributed by atoms with van der Waals surface area (Å²) in [5.41, 5.74) is 5.98. The zero-order valence-corrected chi connectivity index (χ0v) is 13.4. The van der Waals surface area contributed by atoms with Crippen LogP contribution in [0.3, 0.4) is 0 Å². The first-order chi connectivity index (χ1) is 11.1. The molecular weight excluding hydrogens is 286 g/mol. The number of nitrogens with zero attached hydrogens (tertiary/aromatic N) is 2. The molecule has 4 heteroatoms. The Morgan fingerprint density at radius 3 is 2.48 bits per heavy atom. The molecule has 3 rings (SSSR count). The average molecular weight is 307 g/mol. The van der Waals surface area contributed by atoms with Crippen LogP contribution in [0.5, 0.6) is 0 Å². The molecule has 0 aliphatic heterocycles. The molecule has 0 unspecified atom stereocenters. The highest BCUT2D eigenvalue weighted by Crippen LogP contribution is 2.47. The van der Waals surface area contributed by atoms with Gasteiger partial charge in [-0.1, -0.05) is 42.5 Å². The summed E-state index contributed by atoms with van der Waals surface area (Å²) in [7, 11) is 4.00. The molecule has 0 bridgehead atoms. The van der Waals surface area contributed by atoms with E-state index >= 15 is 0 Å². The van der Waals surface area contributed by atoms with Gasteiger partial charge in [0.15, 0.2) is 0 Å². The first-order valence-electron chi connectivity index (χ1n) is 7.80. The third kappa shape index (κ3) is 3.77. The molecule has 1 aliphatic carbocycles. The van der Waals surface area contributed by atoms with Crippen molar-refractivity contribution >= 4 is 17.8 Å². The van der Waals surface area contributed by atoms with Crippen LogP contribution in [0.25, 0.3) is 0 Å². The van der Waals surface area contributed by atoms with Crippen LogP contribution in [0.2, 0.25) is 0 Å². The van der Waals surface area contributed by atoms with Crippen molar-refractivity contribution in [3.05, 3.63) is 65.7 Å². The van der Waals surface area contributed by atoms with Crippen LogP contribution in [0.4, 0.5) is 5.69 Å². The molecule has 23 heavy (non-hydrogen) atoms. The van der Waals surface area contributed by atoms with Crippen LogP contribution >= 0.6 is 0 Å². The van der Waals surface area contributed by atoms with Gasteiger partial charge in [0.05, 0.1) is 6.21 Å². The Bertz CT molecular complexity index is 692. The molecule has 0 aromatic heterocycles. The van der Waals surface area contributed by atoms with Gasteiger partial charge in [-0.15, -0.1) is 0 Å². The van der Waals surface area contributed by atoms with Crippen LogP contribution in [-0.2, 0) is 4.79 Å². The maximum atomic E-state index is 12.1. The summed E-state index contributed by atoms with van der Waals surface area (Å²) in [6, 6.07) is 18.2. The molecule has 0 radical (unpaired) electrons. The van der Waals surface area contributed by atoms with Crippen molar-refractivity contribution in [2.75, 3.05) is 19.0 Å². The van der Waals surface area contributed by atoms with E-state index in [2.05, 4.69) is 22.7 Å². The summed E-state index contributed by atoms with van der Waals surface area (Å²) < 4.78 is 0. The van der Waals surface area contributed by atoms with Gasteiger partial charge in [0, 0.05) is 25.7 Å². The molecule has 1 fully saturated rings. The Balaban J connectivity index is 1.51. The third-order valence-corrected chi connectivity index (χ3v) is 4.15. The molecule has 0 heterocycles. The van der Waals surface area contributed by atoms with Crippen molar-refractivity contribution < 1.29 is 4.79 Å². The second-order valence-corrected chi connectivity index (χ2v) is 6.08. The van der Waals surface area contributed by atoms with Gasteiger partial charge in [0.1, 0.15) is 0 Å². The van der Waals surface area contributed by atoms with Gasteiger partial charge in [-0.3, -0.25) is 4.79 Å². The van der Waals surface area contributed by atoms with Crippen LogP contribution in [0.1, 0.15) is 23.5 Å². The number of hydrogen-bond donors (Lipinski definition) is 1. The van der Waals surface area contributed by atoms with Crippen molar-refractivity contribution in [2.24, 2.45) is 11.0 Å². The molecular formula is C19H21N3O. The van der Waals surface area contributed by atoms with Crippen molar-refractivity contribution in [3.63, 3.8) is 0 Å². The lowest BCUT2D eigenvalue weighted by molar-refractivity contribution is -0.122. The van der Waals surface area contributed by atoms with Gasteiger partial charge in [0.2, 0.25) is 5.91 Å². The Morgan fingerprint density at radius 2 is 1.83 bits per heavy atom. The monoisotopic (exact) mass is 307 g/mol. The van der Waals surface area contributed by atoms with Crippen molar-refractivity contribution in [1.29, 1.82) is 0 Å². The summed E-state index contributed by atoms with van der Waals surface area (Å²) in [5.74, 6) is 0.386. The molecule has 0 spiro atoms. The lowest BCUT2D eigenvalue weighted by atomic mass is 10.1. The first kappa shape index (κ1) is 15.3. The summed E-state index contributed by atoms with van der Waals surface area (Å²) in [4.78, 5) is 14.1. The molecule has 1 aliphatic rings. The highest BCUT2D eigenvalue weighted by Gasteiger charge is 2.43. The number of hydrogen-bond acceptors (Lipinski definition) is 3.